The third-order valence-corrected chi connectivity index (χ3v) is 1.26. The summed E-state index contributed by atoms with van der Waals surface area (Å²) in [7, 11) is 1.68. The topological polar surface area (TPSA) is 49.1 Å². The molecule has 0 bridgehead atoms. The van der Waals surface area contributed by atoms with Crippen molar-refractivity contribution in [2.45, 2.75) is 6.92 Å². The second-order valence-corrected chi connectivity index (χ2v) is 1.97. The van der Waals surface area contributed by atoms with Gasteiger partial charge in [-0.15, -0.1) is 0 Å². The zero-order valence-corrected chi connectivity index (χ0v) is 6.57. The number of aliphatic imine (C=N–C) groups is 2. The van der Waals surface area contributed by atoms with Crippen molar-refractivity contribution in [3.05, 3.63) is 11.6 Å². The zero-order valence-electron chi connectivity index (χ0n) is 6.57. The Labute approximate surface area is 65.4 Å². The lowest BCUT2D eigenvalue weighted by molar-refractivity contribution is 1.06. The van der Waals surface area contributed by atoms with Crippen molar-refractivity contribution in [1.29, 1.82) is 0 Å². The molecule has 0 aliphatic carbocycles. The van der Waals surface area contributed by atoms with Crippen LogP contribution in [0.4, 0.5) is 0 Å². The van der Waals surface area contributed by atoms with Gasteiger partial charge in [-0.05, 0) is 6.92 Å². The number of hydrogen-bond donors (Lipinski definition) is 1. The normalized spacial score (nSPS) is 23.8. The van der Waals surface area contributed by atoms with Crippen LogP contribution >= 0.6 is 0 Å². The fourth-order valence-corrected chi connectivity index (χ4v) is 0.719. The van der Waals surface area contributed by atoms with E-state index in [1.54, 1.807) is 13.3 Å². The Morgan fingerprint density at radius 2 is 2.45 bits per heavy atom. The molecule has 1 aliphatic heterocycles. The second-order valence-electron chi connectivity index (χ2n) is 1.97. The number of allylic oxidation sites excluding steroid dienone is 1. The Hall–Kier alpha value is -1.45. The first kappa shape index (κ1) is 7.65. The summed E-state index contributed by atoms with van der Waals surface area (Å²) >= 11 is 0. The molecule has 0 saturated heterocycles. The van der Waals surface area contributed by atoms with E-state index < -0.39 is 0 Å². The summed E-state index contributed by atoms with van der Waals surface area (Å²) in [4.78, 5) is 7.75. The van der Waals surface area contributed by atoms with Crippen molar-refractivity contribution >= 4 is 18.4 Å². The van der Waals surface area contributed by atoms with Crippen molar-refractivity contribution in [2.75, 3.05) is 7.05 Å². The van der Waals surface area contributed by atoms with Crippen LogP contribution in [0, 0.1) is 0 Å². The average molecular weight is 150 g/mol. The molecule has 0 aromatic carbocycles. The summed E-state index contributed by atoms with van der Waals surface area (Å²) in [6.07, 6.45) is 5.15. The summed E-state index contributed by atoms with van der Waals surface area (Å²) in [5.74, 6) is 0.748. The number of amidine groups is 1. The highest BCUT2D eigenvalue weighted by molar-refractivity contribution is 6.19. The quantitative estimate of drug-likeness (QED) is 0.431. The summed E-state index contributed by atoms with van der Waals surface area (Å²) in [6, 6.07) is 0. The fraction of sp³-hybridized carbons (Fsp3) is 0.286. The number of hydrazone groups is 1. The van der Waals surface area contributed by atoms with E-state index >= 15 is 0 Å². The average Bonchev–Trinajstić information content (AvgIpc) is 2.47. The molecular formula is C7H10N4. The largest absolute Gasteiger partial charge is 0.277 e. The van der Waals surface area contributed by atoms with Gasteiger partial charge in [0.1, 0.15) is 6.34 Å². The molecule has 0 aromatic heterocycles. The van der Waals surface area contributed by atoms with Crippen molar-refractivity contribution in [3.8, 4) is 0 Å². The maximum absolute atomic E-state index is 4.01. The Bertz CT molecular complexity index is 247. The van der Waals surface area contributed by atoms with E-state index in [4.69, 9.17) is 0 Å². The third-order valence-electron chi connectivity index (χ3n) is 1.26. The standard InChI is InChI=1S/C7H10N4/c1-3-6-4-10-11-7(6)9-5-8-2/h3-5H,1-2H3,(H,8,9,11)/b6-3-. The second kappa shape index (κ2) is 3.65. The first-order chi connectivity index (χ1) is 5.38. The van der Waals surface area contributed by atoms with E-state index in [1.165, 1.54) is 6.34 Å². The van der Waals surface area contributed by atoms with Crippen LogP contribution in [0.25, 0.3) is 0 Å². The predicted molar refractivity (Wildman–Crippen MR) is 47.2 cm³/mol. The van der Waals surface area contributed by atoms with Crippen LogP contribution in [0.15, 0.2) is 26.7 Å². The minimum absolute atomic E-state index is 0.748. The van der Waals surface area contributed by atoms with E-state index in [1.807, 2.05) is 13.0 Å². The molecule has 58 valence electrons. The lowest BCUT2D eigenvalue weighted by Crippen LogP contribution is -2.12. The molecule has 1 N–H and O–H groups in total. The van der Waals surface area contributed by atoms with Gasteiger partial charge in [0.25, 0.3) is 0 Å². The summed E-state index contributed by atoms with van der Waals surface area (Å²) in [5, 5.41) is 3.83. The van der Waals surface area contributed by atoms with Gasteiger partial charge in [0.05, 0.1) is 6.21 Å². The van der Waals surface area contributed by atoms with E-state index in [9.17, 15) is 0 Å². The van der Waals surface area contributed by atoms with E-state index in [0.717, 1.165) is 11.4 Å². The number of hydrogen-bond acceptors (Lipinski definition) is 2. The molecule has 0 radical (unpaired) electrons. The lowest BCUT2D eigenvalue weighted by atomic mass is 10.3. The van der Waals surface area contributed by atoms with Crippen LogP contribution in [-0.2, 0) is 0 Å². The van der Waals surface area contributed by atoms with Gasteiger partial charge in [0, 0.05) is 12.6 Å². The van der Waals surface area contributed by atoms with E-state index in [-0.39, 0.29) is 0 Å². The highest BCUT2D eigenvalue weighted by atomic mass is 15.3. The van der Waals surface area contributed by atoms with Crippen molar-refractivity contribution in [2.24, 2.45) is 15.1 Å². The molecule has 11 heavy (non-hydrogen) atoms. The van der Waals surface area contributed by atoms with E-state index in [2.05, 4.69) is 20.5 Å². The van der Waals surface area contributed by atoms with Crippen molar-refractivity contribution < 1.29 is 0 Å². The smallest absolute Gasteiger partial charge is 0.156 e. The van der Waals surface area contributed by atoms with Gasteiger partial charge in [0.15, 0.2) is 5.84 Å². The molecule has 0 unspecified atom stereocenters. The first-order valence-electron chi connectivity index (χ1n) is 3.32. The molecule has 0 amide bonds. The van der Waals surface area contributed by atoms with Gasteiger partial charge < -0.3 is 0 Å². The molecule has 0 fully saturated rings. The minimum atomic E-state index is 0.748. The van der Waals surface area contributed by atoms with Crippen LogP contribution in [0.2, 0.25) is 0 Å². The third kappa shape index (κ3) is 1.73. The molecule has 0 atom stereocenters. The Kier molecular flexibility index (Phi) is 2.54. The minimum Gasteiger partial charge on any atom is -0.277 e. The molecule has 0 saturated carbocycles. The molecule has 0 spiro atoms. The molecule has 1 aliphatic rings. The van der Waals surface area contributed by atoms with Gasteiger partial charge in [-0.3, -0.25) is 10.4 Å². The summed E-state index contributed by atoms with van der Waals surface area (Å²) in [5.41, 5.74) is 3.74. The van der Waals surface area contributed by atoms with E-state index in [0.29, 0.717) is 0 Å². The van der Waals surface area contributed by atoms with Gasteiger partial charge >= 0.3 is 0 Å². The van der Waals surface area contributed by atoms with Crippen molar-refractivity contribution in [3.63, 3.8) is 0 Å². The van der Waals surface area contributed by atoms with Crippen molar-refractivity contribution in [1.82, 2.24) is 5.43 Å². The fourth-order valence-electron chi connectivity index (χ4n) is 0.719. The molecular weight excluding hydrogens is 140 g/mol. The monoisotopic (exact) mass is 150 g/mol. The first-order valence-corrected chi connectivity index (χ1v) is 3.32. The molecule has 4 nitrogen and oxygen atoms in total. The Morgan fingerprint density at radius 3 is 3.09 bits per heavy atom. The lowest BCUT2D eigenvalue weighted by Gasteiger charge is -1.93. The maximum atomic E-state index is 4.01. The molecule has 1 rings (SSSR count). The van der Waals surface area contributed by atoms with Crippen LogP contribution in [0.5, 0.6) is 0 Å². The number of rotatable bonds is 1. The zero-order chi connectivity index (χ0) is 8.10. The highest BCUT2D eigenvalue weighted by Crippen LogP contribution is 1.97. The van der Waals surface area contributed by atoms with Crippen LogP contribution in [0.3, 0.4) is 0 Å². The van der Waals surface area contributed by atoms with Crippen LogP contribution in [0.1, 0.15) is 6.92 Å². The van der Waals surface area contributed by atoms with Gasteiger partial charge in [-0.1, -0.05) is 6.08 Å². The summed E-state index contributed by atoms with van der Waals surface area (Å²) < 4.78 is 0. The van der Waals surface area contributed by atoms with Gasteiger partial charge in [0.2, 0.25) is 0 Å². The van der Waals surface area contributed by atoms with Crippen LogP contribution in [-0.4, -0.2) is 25.4 Å². The SMILES string of the molecule is C/C=C1/C=NN/C1=N/C=N\C. The van der Waals surface area contributed by atoms with Gasteiger partial charge in [-0.2, -0.15) is 5.10 Å². The summed E-state index contributed by atoms with van der Waals surface area (Å²) in [6.45, 7) is 1.94. The molecule has 0 aromatic rings. The maximum Gasteiger partial charge on any atom is 0.156 e. The predicted octanol–water partition coefficient (Wildman–Crippen LogP) is 0.578. The Morgan fingerprint density at radius 1 is 1.64 bits per heavy atom. The molecule has 1 heterocycles. The number of nitrogens with one attached hydrogen (secondary N) is 1. The van der Waals surface area contributed by atoms with Gasteiger partial charge in [-0.25, -0.2) is 4.99 Å². The highest BCUT2D eigenvalue weighted by Gasteiger charge is 2.06. The number of nitrogens with zero attached hydrogens (tertiary/aromatic N) is 3. The van der Waals surface area contributed by atoms with Crippen LogP contribution < -0.4 is 5.43 Å². The Balaban J connectivity index is 2.76. The molecule has 4 heteroatoms.